The fourth-order valence-electron chi connectivity index (χ4n) is 3.49. The van der Waals surface area contributed by atoms with Crippen LogP contribution in [0.5, 0.6) is 0 Å². The number of aliphatic imine (C=N–C) groups is 1. The molecule has 1 amide bonds. The van der Waals surface area contributed by atoms with Crippen LogP contribution >= 0.6 is 35.3 Å². The summed E-state index contributed by atoms with van der Waals surface area (Å²) in [6.07, 6.45) is 6.34. The quantitative estimate of drug-likeness (QED) is 0.294. The van der Waals surface area contributed by atoms with Crippen LogP contribution < -0.4 is 16.0 Å². The lowest BCUT2D eigenvalue weighted by atomic mass is 9.85. The summed E-state index contributed by atoms with van der Waals surface area (Å²) in [7, 11) is 0. The van der Waals surface area contributed by atoms with Crippen molar-refractivity contribution < 1.29 is 4.79 Å². The third-order valence-corrected chi connectivity index (χ3v) is 6.18. The van der Waals surface area contributed by atoms with Gasteiger partial charge in [-0.3, -0.25) is 4.79 Å². The predicted molar refractivity (Wildman–Crippen MR) is 131 cm³/mol. The minimum Gasteiger partial charge on any atom is -0.357 e. The first-order valence-corrected chi connectivity index (χ1v) is 11.5. The maximum Gasteiger partial charge on any atom is 0.223 e. The number of carbonyl (C=O) groups is 1. The zero-order valence-electron chi connectivity index (χ0n) is 18.1. The summed E-state index contributed by atoms with van der Waals surface area (Å²) in [5, 5.41) is 13.2. The number of rotatable bonds is 6. The number of hydrogen-bond acceptors (Lipinski definition) is 4. The number of halogens is 1. The maximum atomic E-state index is 12.4. The van der Waals surface area contributed by atoms with Gasteiger partial charge in [0.05, 0.1) is 12.2 Å². The van der Waals surface area contributed by atoms with Gasteiger partial charge in [0.2, 0.25) is 5.91 Å². The van der Waals surface area contributed by atoms with Gasteiger partial charge in [-0.05, 0) is 39.0 Å². The van der Waals surface area contributed by atoms with Crippen LogP contribution in [0.15, 0.2) is 10.4 Å². The van der Waals surface area contributed by atoms with Crippen molar-refractivity contribution in [2.75, 3.05) is 6.54 Å². The van der Waals surface area contributed by atoms with E-state index in [1.807, 2.05) is 0 Å². The molecule has 1 aromatic rings. The Hall–Kier alpha value is -0.900. The van der Waals surface area contributed by atoms with E-state index in [-0.39, 0.29) is 41.2 Å². The van der Waals surface area contributed by atoms with Gasteiger partial charge in [-0.1, -0.05) is 27.2 Å². The van der Waals surface area contributed by atoms with Gasteiger partial charge in [0.15, 0.2) is 5.96 Å². The van der Waals surface area contributed by atoms with Crippen LogP contribution in [0.3, 0.4) is 0 Å². The van der Waals surface area contributed by atoms with Crippen molar-refractivity contribution in [2.24, 2.45) is 10.9 Å². The summed E-state index contributed by atoms with van der Waals surface area (Å²) in [5.74, 6) is 1.19. The topological polar surface area (TPSA) is 78.4 Å². The Morgan fingerprint density at radius 1 is 1.21 bits per heavy atom. The van der Waals surface area contributed by atoms with Crippen LogP contribution in [0.25, 0.3) is 0 Å². The molecule has 2 aliphatic rings. The molecule has 2 aliphatic carbocycles. The number of aromatic nitrogens is 1. The molecule has 1 heterocycles. The summed E-state index contributed by atoms with van der Waals surface area (Å²) in [5.41, 5.74) is 1.19. The number of thiazole rings is 1. The van der Waals surface area contributed by atoms with Gasteiger partial charge >= 0.3 is 0 Å². The highest BCUT2D eigenvalue weighted by Crippen LogP contribution is 2.27. The number of guanidine groups is 1. The van der Waals surface area contributed by atoms with Crippen molar-refractivity contribution >= 4 is 47.2 Å². The van der Waals surface area contributed by atoms with Crippen LogP contribution in [-0.4, -0.2) is 35.5 Å². The molecule has 2 saturated carbocycles. The van der Waals surface area contributed by atoms with Gasteiger partial charge in [0, 0.05) is 35.3 Å². The monoisotopic (exact) mass is 533 g/mol. The SMILES string of the molecule is CCNC(=NCc1nc(C(C)(C)C)cs1)NC1CCCC(C(=O)NC2CC2)C1.I. The summed E-state index contributed by atoms with van der Waals surface area (Å²) in [6, 6.07) is 0.735. The van der Waals surface area contributed by atoms with Crippen molar-refractivity contribution in [1.29, 1.82) is 0 Å². The van der Waals surface area contributed by atoms with E-state index in [1.165, 1.54) is 0 Å². The molecule has 2 fully saturated rings. The average Bonchev–Trinajstić information content (AvgIpc) is 3.31. The largest absolute Gasteiger partial charge is 0.357 e. The molecular weight excluding hydrogens is 497 g/mol. The lowest BCUT2D eigenvalue weighted by molar-refractivity contribution is -0.126. The highest BCUT2D eigenvalue weighted by atomic mass is 127. The Kier molecular flexibility index (Phi) is 9.18. The van der Waals surface area contributed by atoms with Gasteiger partial charge in [-0.2, -0.15) is 0 Å². The van der Waals surface area contributed by atoms with E-state index in [1.54, 1.807) is 11.3 Å². The molecule has 0 spiro atoms. The van der Waals surface area contributed by atoms with E-state index in [0.717, 1.165) is 61.7 Å². The van der Waals surface area contributed by atoms with E-state index in [4.69, 9.17) is 9.98 Å². The summed E-state index contributed by atoms with van der Waals surface area (Å²) in [6.45, 7) is 10.0. The van der Waals surface area contributed by atoms with E-state index in [2.05, 4.69) is 49.0 Å². The van der Waals surface area contributed by atoms with Crippen molar-refractivity contribution in [3.05, 3.63) is 16.1 Å². The van der Waals surface area contributed by atoms with Crippen LogP contribution in [0, 0.1) is 5.92 Å². The molecule has 164 valence electrons. The number of nitrogens with one attached hydrogen (secondary N) is 3. The minimum atomic E-state index is 0. The lowest BCUT2D eigenvalue weighted by Crippen LogP contribution is -2.47. The maximum absolute atomic E-state index is 12.4. The molecule has 6 nitrogen and oxygen atoms in total. The Bertz CT molecular complexity index is 695. The molecular formula is C21H36IN5OS. The van der Waals surface area contributed by atoms with E-state index in [0.29, 0.717) is 18.6 Å². The highest BCUT2D eigenvalue weighted by molar-refractivity contribution is 14.0. The first-order valence-electron chi connectivity index (χ1n) is 10.6. The standard InChI is InChI=1S/C21H35N5OS.HI/c1-5-22-20(23-12-18-26-17(13-28-18)21(2,3)4)25-16-8-6-7-14(11-16)19(27)24-15-9-10-15;/h13-16H,5-12H2,1-4H3,(H,24,27)(H2,22,23,25);1H. The molecule has 1 aromatic heterocycles. The Balaban J connectivity index is 0.00000300. The fourth-order valence-corrected chi connectivity index (χ4v) is 4.44. The Labute approximate surface area is 196 Å². The van der Waals surface area contributed by atoms with Gasteiger partial charge in [-0.15, -0.1) is 35.3 Å². The van der Waals surface area contributed by atoms with E-state index >= 15 is 0 Å². The number of nitrogens with zero attached hydrogens (tertiary/aromatic N) is 2. The predicted octanol–water partition coefficient (Wildman–Crippen LogP) is 3.95. The van der Waals surface area contributed by atoms with Crippen molar-refractivity contribution in [1.82, 2.24) is 20.9 Å². The normalized spacial score (nSPS) is 22.6. The zero-order chi connectivity index (χ0) is 20.1. The lowest BCUT2D eigenvalue weighted by Gasteiger charge is -2.30. The summed E-state index contributed by atoms with van der Waals surface area (Å²) >= 11 is 1.67. The van der Waals surface area contributed by atoms with E-state index in [9.17, 15) is 4.79 Å². The second-order valence-corrected chi connectivity index (χ2v) is 10.0. The molecule has 0 saturated heterocycles. The molecule has 0 radical (unpaired) electrons. The first-order chi connectivity index (χ1) is 13.3. The van der Waals surface area contributed by atoms with Crippen LogP contribution in [0.1, 0.15) is 76.9 Å². The van der Waals surface area contributed by atoms with Gasteiger partial charge < -0.3 is 16.0 Å². The molecule has 0 aromatic carbocycles. The van der Waals surface area contributed by atoms with Crippen molar-refractivity contribution in [2.45, 2.75) is 90.3 Å². The summed E-state index contributed by atoms with van der Waals surface area (Å²) in [4.78, 5) is 21.9. The van der Waals surface area contributed by atoms with Crippen molar-refractivity contribution in [3.63, 3.8) is 0 Å². The van der Waals surface area contributed by atoms with Gasteiger partial charge in [-0.25, -0.2) is 9.98 Å². The highest BCUT2D eigenvalue weighted by Gasteiger charge is 2.31. The summed E-state index contributed by atoms with van der Waals surface area (Å²) < 4.78 is 0. The first kappa shape index (κ1) is 24.4. The van der Waals surface area contributed by atoms with Crippen molar-refractivity contribution in [3.8, 4) is 0 Å². The number of carbonyl (C=O) groups excluding carboxylic acids is 1. The minimum absolute atomic E-state index is 0. The second-order valence-electron chi connectivity index (χ2n) is 9.06. The number of hydrogen-bond donors (Lipinski definition) is 3. The third kappa shape index (κ3) is 7.70. The van der Waals surface area contributed by atoms with Crippen LogP contribution in [-0.2, 0) is 16.8 Å². The molecule has 0 aliphatic heterocycles. The second kappa shape index (κ2) is 10.9. The van der Waals surface area contributed by atoms with Gasteiger partial charge in [0.25, 0.3) is 0 Å². The average molecular weight is 534 g/mol. The van der Waals surface area contributed by atoms with E-state index < -0.39 is 0 Å². The molecule has 2 unspecified atom stereocenters. The Morgan fingerprint density at radius 2 is 1.97 bits per heavy atom. The number of amides is 1. The molecule has 0 bridgehead atoms. The van der Waals surface area contributed by atoms with Crippen LogP contribution in [0.4, 0.5) is 0 Å². The fraction of sp³-hybridized carbons (Fsp3) is 0.762. The molecule has 29 heavy (non-hydrogen) atoms. The Morgan fingerprint density at radius 3 is 2.59 bits per heavy atom. The van der Waals surface area contributed by atoms with Crippen LogP contribution in [0.2, 0.25) is 0 Å². The molecule has 3 rings (SSSR count). The zero-order valence-corrected chi connectivity index (χ0v) is 21.2. The van der Waals surface area contributed by atoms with Gasteiger partial charge in [0.1, 0.15) is 5.01 Å². The third-order valence-electron chi connectivity index (χ3n) is 5.35. The molecule has 8 heteroatoms. The smallest absolute Gasteiger partial charge is 0.223 e. The molecule has 3 N–H and O–H groups in total. The molecule has 2 atom stereocenters.